The fourth-order valence-electron chi connectivity index (χ4n) is 4.15. The first-order valence-electron chi connectivity index (χ1n) is 11.7. The van der Waals surface area contributed by atoms with Gasteiger partial charge in [-0.1, -0.05) is 48.5 Å². The summed E-state index contributed by atoms with van der Waals surface area (Å²) in [5.41, 5.74) is 2.27. The Balaban J connectivity index is 1.32. The zero-order chi connectivity index (χ0) is 25.8. The van der Waals surface area contributed by atoms with Gasteiger partial charge in [0.15, 0.2) is 5.78 Å². The number of amides is 2. The molecule has 0 bridgehead atoms. The number of para-hydroxylation sites is 1. The molecule has 0 spiro atoms. The summed E-state index contributed by atoms with van der Waals surface area (Å²) in [5, 5.41) is 0.510. The van der Waals surface area contributed by atoms with Crippen molar-refractivity contribution in [2.24, 2.45) is 0 Å². The predicted octanol–water partition coefficient (Wildman–Crippen LogP) is 5.65. The monoisotopic (exact) mass is 512 g/mol. The number of carbonyl (C=O) groups excluding carboxylic acids is 3. The molecule has 1 aliphatic heterocycles. The lowest BCUT2D eigenvalue weighted by atomic mass is 10.1. The molecule has 0 unspecified atom stereocenters. The Morgan fingerprint density at radius 2 is 1.62 bits per heavy atom. The molecule has 7 nitrogen and oxygen atoms in total. The van der Waals surface area contributed by atoms with Gasteiger partial charge in [-0.05, 0) is 48.2 Å². The van der Waals surface area contributed by atoms with Crippen molar-refractivity contribution < 1.29 is 23.9 Å². The molecule has 2 heterocycles. The lowest BCUT2D eigenvalue weighted by Gasteiger charge is -2.11. The van der Waals surface area contributed by atoms with Crippen LogP contribution in [-0.4, -0.2) is 46.7 Å². The van der Waals surface area contributed by atoms with Crippen molar-refractivity contribution in [1.82, 2.24) is 9.47 Å². The number of ether oxygens (including phenoxy) is 2. The van der Waals surface area contributed by atoms with E-state index in [4.69, 9.17) is 9.47 Å². The SMILES string of the molecule is COc1ccc(OCCn2cc(/C=C3\SC(=O)N(CC(=O)c4ccccc4)C3=O)c3ccccc32)cc1. The van der Waals surface area contributed by atoms with Crippen molar-refractivity contribution in [3.05, 3.63) is 101 Å². The number of benzene rings is 3. The second kappa shape index (κ2) is 10.8. The lowest BCUT2D eigenvalue weighted by Crippen LogP contribution is -2.33. The van der Waals surface area contributed by atoms with Gasteiger partial charge in [0, 0.05) is 28.2 Å². The van der Waals surface area contributed by atoms with Gasteiger partial charge in [-0.15, -0.1) is 0 Å². The molecule has 37 heavy (non-hydrogen) atoms. The zero-order valence-electron chi connectivity index (χ0n) is 20.1. The Bertz CT molecular complexity index is 1490. The van der Waals surface area contributed by atoms with Crippen molar-refractivity contribution >= 4 is 45.7 Å². The summed E-state index contributed by atoms with van der Waals surface area (Å²) in [6, 6.07) is 23.9. The van der Waals surface area contributed by atoms with Crippen LogP contribution in [0, 0.1) is 0 Å². The van der Waals surface area contributed by atoms with Gasteiger partial charge >= 0.3 is 0 Å². The summed E-state index contributed by atoms with van der Waals surface area (Å²) in [4.78, 5) is 39.5. The normalized spacial score (nSPS) is 14.5. The summed E-state index contributed by atoms with van der Waals surface area (Å²) >= 11 is 0.852. The summed E-state index contributed by atoms with van der Waals surface area (Å²) in [7, 11) is 1.62. The maximum Gasteiger partial charge on any atom is 0.293 e. The summed E-state index contributed by atoms with van der Waals surface area (Å²) in [6.07, 6.45) is 3.67. The van der Waals surface area contributed by atoms with Crippen LogP contribution in [0.5, 0.6) is 11.5 Å². The number of imide groups is 1. The molecule has 186 valence electrons. The number of hydrogen-bond donors (Lipinski definition) is 0. The molecule has 4 aromatic rings. The fraction of sp³-hybridized carbons (Fsp3) is 0.138. The molecule has 1 fully saturated rings. The van der Waals surface area contributed by atoms with Crippen LogP contribution in [0.4, 0.5) is 4.79 Å². The van der Waals surface area contributed by atoms with E-state index < -0.39 is 11.1 Å². The van der Waals surface area contributed by atoms with Crippen LogP contribution in [-0.2, 0) is 11.3 Å². The molecule has 5 rings (SSSR count). The van der Waals surface area contributed by atoms with E-state index in [-0.39, 0.29) is 12.3 Å². The second-order valence-electron chi connectivity index (χ2n) is 8.38. The van der Waals surface area contributed by atoms with Crippen molar-refractivity contribution in [3.8, 4) is 11.5 Å². The molecule has 1 aromatic heterocycles. The third kappa shape index (κ3) is 5.29. The molecular formula is C29H24N2O5S. The van der Waals surface area contributed by atoms with Crippen LogP contribution in [0.15, 0.2) is 90.0 Å². The maximum absolute atomic E-state index is 13.0. The minimum atomic E-state index is -0.459. The van der Waals surface area contributed by atoms with Crippen LogP contribution >= 0.6 is 11.8 Å². The first kappa shape index (κ1) is 24.4. The van der Waals surface area contributed by atoms with E-state index in [1.54, 1.807) is 43.5 Å². The minimum Gasteiger partial charge on any atom is -0.497 e. The van der Waals surface area contributed by atoms with Crippen molar-refractivity contribution in [2.75, 3.05) is 20.3 Å². The van der Waals surface area contributed by atoms with Gasteiger partial charge in [-0.25, -0.2) is 0 Å². The molecular weight excluding hydrogens is 488 g/mol. The smallest absolute Gasteiger partial charge is 0.293 e. The minimum absolute atomic E-state index is 0.280. The molecule has 0 atom stereocenters. The van der Waals surface area contributed by atoms with Gasteiger partial charge in [0.2, 0.25) is 0 Å². The number of nitrogens with zero attached hydrogens (tertiary/aromatic N) is 2. The van der Waals surface area contributed by atoms with E-state index in [9.17, 15) is 14.4 Å². The van der Waals surface area contributed by atoms with E-state index >= 15 is 0 Å². The predicted molar refractivity (Wildman–Crippen MR) is 144 cm³/mol. The van der Waals surface area contributed by atoms with Gasteiger partial charge in [-0.2, -0.15) is 0 Å². The molecule has 8 heteroatoms. The van der Waals surface area contributed by atoms with Crippen LogP contribution in [0.1, 0.15) is 15.9 Å². The van der Waals surface area contributed by atoms with E-state index in [0.717, 1.165) is 44.6 Å². The zero-order valence-corrected chi connectivity index (χ0v) is 20.9. The van der Waals surface area contributed by atoms with Crippen LogP contribution in [0.25, 0.3) is 17.0 Å². The number of hydrogen-bond acceptors (Lipinski definition) is 6. The third-order valence-electron chi connectivity index (χ3n) is 6.04. The van der Waals surface area contributed by atoms with Gasteiger partial charge in [0.05, 0.1) is 25.1 Å². The highest BCUT2D eigenvalue weighted by Gasteiger charge is 2.36. The Hall–Kier alpha value is -4.30. The molecule has 0 saturated carbocycles. The van der Waals surface area contributed by atoms with Crippen LogP contribution in [0.3, 0.4) is 0 Å². The topological polar surface area (TPSA) is 77.8 Å². The first-order chi connectivity index (χ1) is 18.0. The molecule has 2 amide bonds. The molecule has 0 N–H and O–H groups in total. The van der Waals surface area contributed by atoms with Crippen molar-refractivity contribution in [3.63, 3.8) is 0 Å². The highest BCUT2D eigenvalue weighted by Crippen LogP contribution is 2.34. The molecule has 1 saturated heterocycles. The number of aromatic nitrogens is 1. The quantitative estimate of drug-likeness (QED) is 0.213. The highest BCUT2D eigenvalue weighted by atomic mass is 32.2. The largest absolute Gasteiger partial charge is 0.497 e. The van der Waals surface area contributed by atoms with Crippen LogP contribution < -0.4 is 9.47 Å². The highest BCUT2D eigenvalue weighted by molar-refractivity contribution is 8.18. The van der Waals surface area contributed by atoms with Gasteiger partial charge < -0.3 is 14.0 Å². The Morgan fingerprint density at radius 1 is 0.919 bits per heavy atom. The van der Waals surface area contributed by atoms with E-state index in [2.05, 4.69) is 4.57 Å². The average molecular weight is 513 g/mol. The second-order valence-corrected chi connectivity index (χ2v) is 9.37. The van der Waals surface area contributed by atoms with Gasteiger partial charge in [-0.3, -0.25) is 19.3 Å². The Kier molecular flexibility index (Phi) is 7.09. The van der Waals surface area contributed by atoms with E-state index in [0.29, 0.717) is 23.6 Å². The Morgan fingerprint density at radius 3 is 2.38 bits per heavy atom. The van der Waals surface area contributed by atoms with E-state index in [1.165, 1.54) is 0 Å². The summed E-state index contributed by atoms with van der Waals surface area (Å²) in [6.45, 7) is 0.756. The number of carbonyl (C=O) groups is 3. The third-order valence-corrected chi connectivity index (χ3v) is 6.94. The average Bonchev–Trinajstić information content (AvgIpc) is 3.41. The number of thioether (sulfide) groups is 1. The number of methoxy groups -OCH3 is 1. The Labute approximate surface area is 218 Å². The number of Topliss-reactive ketones (excluding diaryl/α,β-unsaturated/α-hetero) is 1. The van der Waals surface area contributed by atoms with Crippen LogP contribution in [0.2, 0.25) is 0 Å². The molecule has 0 radical (unpaired) electrons. The van der Waals surface area contributed by atoms with Crippen molar-refractivity contribution in [2.45, 2.75) is 6.54 Å². The lowest BCUT2D eigenvalue weighted by molar-refractivity contribution is -0.122. The fourth-order valence-corrected chi connectivity index (χ4v) is 4.97. The molecule has 1 aliphatic rings. The van der Waals surface area contributed by atoms with Gasteiger partial charge in [0.25, 0.3) is 11.1 Å². The molecule has 0 aliphatic carbocycles. The van der Waals surface area contributed by atoms with Crippen molar-refractivity contribution in [1.29, 1.82) is 0 Å². The standard InChI is InChI=1S/C29H24N2O5S/c1-35-22-11-13-23(14-12-22)36-16-15-30-18-21(24-9-5-6-10-25(24)30)17-27-28(33)31(29(34)37-27)19-26(32)20-7-3-2-4-8-20/h2-14,17-18H,15-16,19H2,1H3/b27-17-. The maximum atomic E-state index is 13.0. The van der Waals surface area contributed by atoms with E-state index in [1.807, 2.05) is 54.7 Å². The molecule has 3 aromatic carbocycles. The number of ketones is 1. The summed E-state index contributed by atoms with van der Waals surface area (Å²) < 4.78 is 13.1. The number of rotatable bonds is 9. The van der Waals surface area contributed by atoms with Gasteiger partial charge in [0.1, 0.15) is 18.1 Å². The number of fused-ring (bicyclic) bond motifs is 1. The first-order valence-corrected chi connectivity index (χ1v) is 12.5. The summed E-state index contributed by atoms with van der Waals surface area (Å²) in [5.74, 6) is 0.773.